The largest absolute Gasteiger partial charge is 0.327 e. The molecule has 0 aliphatic heterocycles. The number of amides is 1. The molecule has 0 fully saturated rings. The lowest BCUT2D eigenvalue weighted by atomic mass is 9.92. The number of hydrogen-bond acceptors (Lipinski definition) is 4. The number of rotatable bonds is 3. The zero-order chi connectivity index (χ0) is 17.2. The molecule has 4 rings (SSSR count). The van der Waals surface area contributed by atoms with E-state index in [0.29, 0.717) is 16.9 Å². The molecule has 0 radical (unpaired) electrons. The molecule has 0 saturated carbocycles. The number of fused-ring (bicyclic) bond motifs is 1. The number of aromatic nitrogens is 3. The second-order valence-corrected chi connectivity index (χ2v) is 6.31. The highest BCUT2D eigenvalue weighted by atomic mass is 16.1. The Morgan fingerprint density at radius 1 is 1.24 bits per heavy atom. The van der Waals surface area contributed by atoms with Crippen LogP contribution in [0.15, 0.2) is 48.8 Å². The van der Waals surface area contributed by atoms with Crippen LogP contribution in [0.2, 0.25) is 0 Å². The zero-order valence-electron chi connectivity index (χ0n) is 13.7. The Bertz CT molecular complexity index is 903. The van der Waals surface area contributed by atoms with E-state index in [1.54, 1.807) is 12.4 Å². The van der Waals surface area contributed by atoms with Crippen molar-refractivity contribution in [2.24, 2.45) is 5.73 Å². The van der Waals surface area contributed by atoms with Gasteiger partial charge in [-0.2, -0.15) is 5.10 Å². The summed E-state index contributed by atoms with van der Waals surface area (Å²) in [6.45, 7) is 0. The molecule has 1 aliphatic rings. The molecule has 0 bridgehead atoms. The molecule has 0 spiro atoms. The van der Waals surface area contributed by atoms with Crippen LogP contribution < -0.4 is 11.1 Å². The maximum atomic E-state index is 12.7. The first kappa shape index (κ1) is 15.5. The summed E-state index contributed by atoms with van der Waals surface area (Å²) in [6.07, 6.45) is 5.90. The molecule has 1 unspecified atom stereocenters. The third kappa shape index (κ3) is 3.16. The van der Waals surface area contributed by atoms with Gasteiger partial charge in [0.25, 0.3) is 5.91 Å². The van der Waals surface area contributed by atoms with Gasteiger partial charge in [-0.1, -0.05) is 30.3 Å². The summed E-state index contributed by atoms with van der Waals surface area (Å²) in [5.74, 6) is -0.213. The topological polar surface area (TPSA) is 96.7 Å². The highest BCUT2D eigenvalue weighted by Gasteiger charge is 2.19. The number of carbonyl (C=O) groups excluding carboxylic acids is 1. The normalized spacial score (nSPS) is 16.3. The molecule has 1 amide bonds. The van der Waals surface area contributed by atoms with Gasteiger partial charge < -0.3 is 11.1 Å². The minimum Gasteiger partial charge on any atom is -0.327 e. The minimum absolute atomic E-state index is 0.166. The van der Waals surface area contributed by atoms with Gasteiger partial charge in [-0.25, -0.2) is 0 Å². The third-order valence-corrected chi connectivity index (χ3v) is 4.50. The molecule has 3 aromatic rings. The highest BCUT2D eigenvalue weighted by Crippen LogP contribution is 2.24. The Balaban J connectivity index is 1.58. The maximum Gasteiger partial charge on any atom is 0.259 e. The predicted octanol–water partition coefficient (Wildman–Crippen LogP) is 2.54. The molecule has 0 saturated heterocycles. The quantitative estimate of drug-likeness (QED) is 0.686. The fourth-order valence-electron chi connectivity index (χ4n) is 3.20. The molecule has 25 heavy (non-hydrogen) atoms. The van der Waals surface area contributed by atoms with E-state index in [1.165, 1.54) is 0 Å². The Morgan fingerprint density at radius 3 is 2.92 bits per heavy atom. The average Bonchev–Trinajstić information content (AvgIpc) is 3.12. The highest BCUT2D eigenvalue weighted by molar-refractivity contribution is 6.07. The van der Waals surface area contributed by atoms with Crippen LogP contribution in [0.1, 0.15) is 28.0 Å². The Morgan fingerprint density at radius 2 is 2.08 bits per heavy atom. The second-order valence-electron chi connectivity index (χ2n) is 6.31. The van der Waals surface area contributed by atoms with Crippen LogP contribution in [-0.2, 0) is 12.8 Å². The number of benzene rings is 1. The van der Waals surface area contributed by atoms with Crippen molar-refractivity contribution in [1.29, 1.82) is 0 Å². The number of anilines is 1. The summed E-state index contributed by atoms with van der Waals surface area (Å²) >= 11 is 0. The maximum absolute atomic E-state index is 12.7. The fourth-order valence-corrected chi connectivity index (χ4v) is 3.20. The number of pyridine rings is 1. The van der Waals surface area contributed by atoms with Crippen molar-refractivity contribution in [3.05, 3.63) is 65.6 Å². The smallest absolute Gasteiger partial charge is 0.259 e. The van der Waals surface area contributed by atoms with E-state index in [9.17, 15) is 4.79 Å². The van der Waals surface area contributed by atoms with Crippen LogP contribution in [0.25, 0.3) is 11.3 Å². The van der Waals surface area contributed by atoms with Gasteiger partial charge in [-0.05, 0) is 30.9 Å². The van der Waals surface area contributed by atoms with Gasteiger partial charge in [0, 0.05) is 17.3 Å². The van der Waals surface area contributed by atoms with Gasteiger partial charge in [0.05, 0.1) is 29.3 Å². The lowest BCUT2D eigenvalue weighted by Gasteiger charge is -2.21. The monoisotopic (exact) mass is 333 g/mol. The van der Waals surface area contributed by atoms with E-state index in [2.05, 4.69) is 20.5 Å². The van der Waals surface area contributed by atoms with Crippen LogP contribution in [0, 0.1) is 0 Å². The molecule has 1 aliphatic carbocycles. The molecule has 6 heteroatoms. The van der Waals surface area contributed by atoms with Crippen molar-refractivity contribution < 1.29 is 4.79 Å². The van der Waals surface area contributed by atoms with E-state index in [4.69, 9.17) is 5.73 Å². The van der Waals surface area contributed by atoms with Gasteiger partial charge in [0.2, 0.25) is 0 Å². The Hall–Kier alpha value is -2.99. The minimum atomic E-state index is -0.213. The summed E-state index contributed by atoms with van der Waals surface area (Å²) in [5.41, 5.74) is 11.0. The second kappa shape index (κ2) is 6.49. The van der Waals surface area contributed by atoms with Crippen molar-refractivity contribution in [2.75, 3.05) is 5.32 Å². The first-order valence-corrected chi connectivity index (χ1v) is 8.34. The summed E-state index contributed by atoms with van der Waals surface area (Å²) in [7, 11) is 0. The molecular formula is C19H19N5O. The van der Waals surface area contributed by atoms with E-state index in [0.717, 1.165) is 36.1 Å². The standard InChI is InChI=1S/C19H19N5O/c20-14-6-7-17-13(8-14)9-15(10-21-17)23-19(25)16-11-22-24-18(16)12-4-2-1-3-5-12/h1-5,9-11,14H,6-8,20H2,(H,22,24)(H,23,25). The van der Waals surface area contributed by atoms with Gasteiger partial charge in [0.15, 0.2) is 0 Å². The number of nitrogens with zero attached hydrogens (tertiary/aromatic N) is 2. The molecule has 2 heterocycles. The molecule has 1 aromatic carbocycles. The number of H-pyrrole nitrogens is 1. The number of aromatic amines is 1. The average molecular weight is 333 g/mol. The molecule has 126 valence electrons. The van der Waals surface area contributed by atoms with Crippen LogP contribution in [0.3, 0.4) is 0 Å². The van der Waals surface area contributed by atoms with E-state index >= 15 is 0 Å². The molecule has 1 atom stereocenters. The van der Waals surface area contributed by atoms with E-state index in [1.807, 2.05) is 36.4 Å². The van der Waals surface area contributed by atoms with Gasteiger partial charge in [-0.3, -0.25) is 14.9 Å². The van der Waals surface area contributed by atoms with Crippen molar-refractivity contribution in [3.8, 4) is 11.3 Å². The number of hydrogen-bond donors (Lipinski definition) is 3. The lowest BCUT2D eigenvalue weighted by Crippen LogP contribution is -2.28. The number of carbonyl (C=O) groups is 1. The zero-order valence-corrected chi connectivity index (χ0v) is 13.7. The van der Waals surface area contributed by atoms with Crippen molar-refractivity contribution in [2.45, 2.75) is 25.3 Å². The summed E-state index contributed by atoms with van der Waals surface area (Å²) in [4.78, 5) is 17.2. The first-order valence-electron chi connectivity index (χ1n) is 8.34. The van der Waals surface area contributed by atoms with Crippen molar-refractivity contribution in [3.63, 3.8) is 0 Å². The van der Waals surface area contributed by atoms with E-state index < -0.39 is 0 Å². The summed E-state index contributed by atoms with van der Waals surface area (Å²) in [6, 6.07) is 11.8. The van der Waals surface area contributed by atoms with Crippen LogP contribution in [0.5, 0.6) is 0 Å². The number of nitrogens with one attached hydrogen (secondary N) is 2. The van der Waals surface area contributed by atoms with Crippen molar-refractivity contribution in [1.82, 2.24) is 15.2 Å². The van der Waals surface area contributed by atoms with Gasteiger partial charge >= 0.3 is 0 Å². The summed E-state index contributed by atoms with van der Waals surface area (Å²) < 4.78 is 0. The fraction of sp³-hybridized carbons (Fsp3) is 0.211. The predicted molar refractivity (Wildman–Crippen MR) is 96.2 cm³/mol. The van der Waals surface area contributed by atoms with Gasteiger partial charge in [0.1, 0.15) is 0 Å². The summed E-state index contributed by atoms with van der Waals surface area (Å²) in [5, 5.41) is 9.84. The molecule has 4 N–H and O–H groups in total. The Labute approximate surface area is 145 Å². The number of aryl methyl sites for hydroxylation is 1. The third-order valence-electron chi connectivity index (χ3n) is 4.50. The van der Waals surface area contributed by atoms with E-state index in [-0.39, 0.29) is 11.9 Å². The lowest BCUT2D eigenvalue weighted by molar-refractivity contribution is 0.102. The van der Waals surface area contributed by atoms with Crippen LogP contribution in [0.4, 0.5) is 5.69 Å². The molecule has 2 aromatic heterocycles. The molecular weight excluding hydrogens is 314 g/mol. The Kier molecular flexibility index (Phi) is 4.03. The molecule has 6 nitrogen and oxygen atoms in total. The van der Waals surface area contributed by atoms with Gasteiger partial charge in [-0.15, -0.1) is 0 Å². The SMILES string of the molecule is NC1CCc2ncc(NC(=O)c3cn[nH]c3-c3ccccc3)cc2C1. The first-order chi connectivity index (χ1) is 12.2. The van der Waals surface area contributed by atoms with Crippen LogP contribution in [-0.4, -0.2) is 27.1 Å². The van der Waals surface area contributed by atoms with Crippen LogP contribution >= 0.6 is 0 Å². The number of nitrogens with two attached hydrogens (primary N) is 1. The van der Waals surface area contributed by atoms with Crippen molar-refractivity contribution >= 4 is 11.6 Å².